The average molecular weight is 481 g/mol. The molecule has 0 unspecified atom stereocenters. The minimum absolute atomic E-state index is 0.0952. The largest absolute Gasteiger partial charge is 0.432 e. The van der Waals surface area contributed by atoms with Gasteiger partial charge in [0.05, 0.1) is 18.1 Å². The minimum Gasteiger partial charge on any atom is -0.432 e. The molecule has 1 aliphatic heterocycles. The Kier molecular flexibility index (Phi) is 5.98. The highest BCUT2D eigenvalue weighted by Crippen LogP contribution is 2.72. The van der Waals surface area contributed by atoms with E-state index in [9.17, 15) is 30.3 Å². The van der Waals surface area contributed by atoms with E-state index in [-0.39, 0.29) is 16.7 Å². The number of rotatable bonds is 3. The monoisotopic (exact) mass is 480 g/mol. The highest BCUT2D eigenvalue weighted by atomic mass is 16.7. The number of ether oxygens (including phenoxy) is 2. The Morgan fingerprint density at radius 3 is 2.53 bits per heavy atom. The van der Waals surface area contributed by atoms with E-state index in [0.717, 1.165) is 38.5 Å². The van der Waals surface area contributed by atoms with Gasteiger partial charge in [-0.15, -0.1) is 0 Å². The van der Waals surface area contributed by atoms with Gasteiger partial charge in [-0.2, -0.15) is 0 Å². The maximum Gasteiger partial charge on any atom is 0.314 e. The molecular weight excluding hydrogens is 440 g/mol. The normalized spacial score (nSPS) is 54.8. The van der Waals surface area contributed by atoms with Gasteiger partial charge in [0.2, 0.25) is 6.29 Å². The Bertz CT molecular complexity index is 845. The van der Waals surface area contributed by atoms with Crippen LogP contribution in [0, 0.1) is 34.0 Å². The van der Waals surface area contributed by atoms with E-state index in [4.69, 9.17) is 9.47 Å². The van der Waals surface area contributed by atoms with E-state index < -0.39 is 54.8 Å². The molecule has 8 heteroatoms. The summed E-state index contributed by atoms with van der Waals surface area (Å²) < 4.78 is 11.1. The molecule has 5 aliphatic rings. The zero-order valence-corrected chi connectivity index (χ0v) is 20.2. The maximum absolute atomic E-state index is 13.7. The first-order chi connectivity index (χ1) is 16.0. The van der Waals surface area contributed by atoms with Crippen molar-refractivity contribution in [3.8, 4) is 0 Å². The molecule has 2 bridgehead atoms. The molecule has 192 valence electrons. The summed E-state index contributed by atoms with van der Waals surface area (Å²) in [7, 11) is 0. The molecule has 1 heterocycles. The summed E-state index contributed by atoms with van der Waals surface area (Å²) >= 11 is 0. The summed E-state index contributed by atoms with van der Waals surface area (Å²) in [5.41, 5.74) is 0.103. The number of carbonyl (C=O) groups is 1. The van der Waals surface area contributed by atoms with Crippen molar-refractivity contribution in [3.63, 3.8) is 0 Å². The molecule has 0 aromatic rings. The quantitative estimate of drug-likeness (QED) is 0.301. The number of hydrogen-bond acceptors (Lipinski definition) is 8. The zero-order chi connectivity index (χ0) is 24.6. The van der Waals surface area contributed by atoms with Crippen molar-refractivity contribution in [1.29, 1.82) is 0 Å². The predicted octanol–water partition coefficient (Wildman–Crippen LogP) is 1.27. The van der Waals surface area contributed by atoms with E-state index >= 15 is 0 Å². The molecule has 0 aromatic carbocycles. The lowest BCUT2D eigenvalue weighted by atomic mass is 9.40. The van der Waals surface area contributed by atoms with E-state index in [1.165, 1.54) is 5.57 Å². The lowest BCUT2D eigenvalue weighted by molar-refractivity contribution is -0.298. The first-order valence-electron chi connectivity index (χ1n) is 12.9. The SMILES string of the molecule is C=C1C[C@]23C[C@@H]1CC[C@H]2[C@]1(C)CCC[C@@](C)(C(=O)O[C@@H]2O[C@H](CO)[C@@H](O)[C@H](O)[C@H]2O)[C@H]1C[C@H]3O. The van der Waals surface area contributed by atoms with Gasteiger partial charge >= 0.3 is 5.97 Å². The van der Waals surface area contributed by atoms with Crippen LogP contribution in [0.25, 0.3) is 0 Å². The second-order valence-corrected chi connectivity index (χ2v) is 12.3. The van der Waals surface area contributed by atoms with Crippen LogP contribution in [-0.2, 0) is 14.3 Å². The van der Waals surface area contributed by atoms with Gasteiger partial charge in [-0.1, -0.05) is 25.5 Å². The van der Waals surface area contributed by atoms with Crippen molar-refractivity contribution in [2.45, 2.75) is 102 Å². The lowest BCUT2D eigenvalue weighted by Gasteiger charge is -2.65. The van der Waals surface area contributed by atoms with Gasteiger partial charge in [-0.3, -0.25) is 4.79 Å². The van der Waals surface area contributed by atoms with Crippen LogP contribution in [0.3, 0.4) is 0 Å². The maximum atomic E-state index is 13.7. The minimum atomic E-state index is -1.62. The van der Waals surface area contributed by atoms with Gasteiger partial charge in [0.25, 0.3) is 0 Å². The van der Waals surface area contributed by atoms with Gasteiger partial charge in [-0.25, -0.2) is 0 Å². The van der Waals surface area contributed by atoms with Crippen LogP contribution in [0.1, 0.15) is 65.2 Å². The Hall–Kier alpha value is -1.03. The van der Waals surface area contributed by atoms with Gasteiger partial charge < -0.3 is 35.0 Å². The summed E-state index contributed by atoms with van der Waals surface area (Å²) in [6, 6.07) is 0. The summed E-state index contributed by atoms with van der Waals surface area (Å²) in [5, 5.41) is 51.5. The van der Waals surface area contributed by atoms with Gasteiger partial charge in [0, 0.05) is 5.41 Å². The number of allylic oxidation sites excluding steroid dienone is 1. The molecule has 1 saturated heterocycles. The topological polar surface area (TPSA) is 137 Å². The number of aliphatic hydroxyl groups excluding tert-OH is 5. The molecule has 5 rings (SSSR count). The Balaban J connectivity index is 1.41. The third-order valence-electron chi connectivity index (χ3n) is 10.7. The first-order valence-corrected chi connectivity index (χ1v) is 12.9. The second kappa shape index (κ2) is 8.25. The van der Waals surface area contributed by atoms with Crippen LogP contribution in [0.5, 0.6) is 0 Å². The van der Waals surface area contributed by atoms with Gasteiger partial charge in [0.15, 0.2) is 0 Å². The summed E-state index contributed by atoms with van der Waals surface area (Å²) in [6.07, 6.45) is -0.892. The molecule has 5 fully saturated rings. The fourth-order valence-corrected chi connectivity index (χ4v) is 8.91. The molecule has 4 saturated carbocycles. The molecular formula is C26H40O8. The third-order valence-corrected chi connectivity index (χ3v) is 10.7. The van der Waals surface area contributed by atoms with Crippen LogP contribution < -0.4 is 0 Å². The van der Waals surface area contributed by atoms with E-state index in [2.05, 4.69) is 13.5 Å². The summed E-state index contributed by atoms with van der Waals surface area (Å²) in [6.45, 7) is 7.92. The highest BCUT2D eigenvalue weighted by molar-refractivity contribution is 5.77. The van der Waals surface area contributed by atoms with Crippen LogP contribution in [0.2, 0.25) is 0 Å². The Morgan fingerprint density at radius 1 is 1.09 bits per heavy atom. The number of hydrogen-bond donors (Lipinski definition) is 5. The highest BCUT2D eigenvalue weighted by Gasteiger charge is 2.68. The molecule has 34 heavy (non-hydrogen) atoms. The fourth-order valence-electron chi connectivity index (χ4n) is 8.91. The molecule has 12 atom stereocenters. The zero-order valence-electron chi connectivity index (χ0n) is 20.2. The van der Waals surface area contributed by atoms with Crippen molar-refractivity contribution < 1.29 is 39.8 Å². The molecule has 1 spiro atoms. The van der Waals surface area contributed by atoms with E-state index in [1.807, 2.05) is 6.92 Å². The Labute approximate surface area is 201 Å². The molecule has 8 nitrogen and oxygen atoms in total. The number of aliphatic hydroxyl groups is 5. The van der Waals surface area contributed by atoms with E-state index in [0.29, 0.717) is 24.7 Å². The standard InChI is InChI=1S/C26H40O8/c1-13-10-26-11-14(13)5-6-16(26)24(2)7-4-8-25(3,17(24)9-18(26)28)23(32)34-22-21(31)20(30)19(29)15(12-27)33-22/h14-22,27-31H,1,4-12H2,2-3H3/t14-,15+,16-,17-,18+,19+,20-,21+,22-,24-,25+,26-/m0/s1. The van der Waals surface area contributed by atoms with Crippen molar-refractivity contribution in [3.05, 3.63) is 12.2 Å². The van der Waals surface area contributed by atoms with Gasteiger partial charge in [-0.05, 0) is 75.0 Å². The molecule has 4 aliphatic carbocycles. The first kappa shape index (κ1) is 24.7. The van der Waals surface area contributed by atoms with Crippen molar-refractivity contribution in [2.75, 3.05) is 6.61 Å². The van der Waals surface area contributed by atoms with Crippen molar-refractivity contribution in [1.82, 2.24) is 0 Å². The van der Waals surface area contributed by atoms with Crippen LogP contribution in [0.4, 0.5) is 0 Å². The summed E-state index contributed by atoms with van der Waals surface area (Å²) in [4.78, 5) is 13.7. The molecule has 0 aromatic heterocycles. The average Bonchev–Trinajstić information content (AvgIpc) is 3.05. The number of esters is 1. The summed E-state index contributed by atoms with van der Waals surface area (Å²) in [5.74, 6) is 0.184. The van der Waals surface area contributed by atoms with Crippen LogP contribution in [0.15, 0.2) is 12.2 Å². The van der Waals surface area contributed by atoms with Crippen molar-refractivity contribution >= 4 is 5.97 Å². The lowest BCUT2D eigenvalue weighted by Crippen LogP contribution is -2.64. The van der Waals surface area contributed by atoms with Crippen LogP contribution in [-0.4, -0.2) is 74.9 Å². The molecule has 5 N–H and O–H groups in total. The smallest absolute Gasteiger partial charge is 0.314 e. The van der Waals surface area contributed by atoms with Crippen molar-refractivity contribution in [2.24, 2.45) is 34.0 Å². The van der Waals surface area contributed by atoms with Crippen LogP contribution >= 0.6 is 0 Å². The number of carbonyl (C=O) groups excluding carboxylic acids is 1. The van der Waals surface area contributed by atoms with Gasteiger partial charge in [0.1, 0.15) is 24.4 Å². The second-order valence-electron chi connectivity index (χ2n) is 12.3. The Morgan fingerprint density at radius 2 is 1.82 bits per heavy atom. The predicted molar refractivity (Wildman–Crippen MR) is 121 cm³/mol. The third kappa shape index (κ3) is 3.29. The molecule has 0 amide bonds. The van der Waals surface area contributed by atoms with E-state index in [1.54, 1.807) is 0 Å². The molecule has 0 radical (unpaired) electrons. The fraction of sp³-hybridized carbons (Fsp3) is 0.885. The number of fused-ring (bicyclic) bond motifs is 3.